The number of hydrogen-bond acceptors (Lipinski definition) is 3. The van der Waals surface area contributed by atoms with Crippen LogP contribution in [-0.2, 0) is 24.2 Å². The van der Waals surface area contributed by atoms with E-state index in [9.17, 15) is 18.4 Å². The van der Waals surface area contributed by atoms with Gasteiger partial charge >= 0.3 is 0 Å². The molecule has 2 aliphatic rings. The number of halogens is 2. The summed E-state index contributed by atoms with van der Waals surface area (Å²) < 4.78 is 26.7. The van der Waals surface area contributed by atoms with E-state index in [-0.39, 0.29) is 29.8 Å². The summed E-state index contributed by atoms with van der Waals surface area (Å²) in [6.45, 7) is 1.69. The monoisotopic (exact) mass is 404 g/mol. The summed E-state index contributed by atoms with van der Waals surface area (Å²) in [5, 5.41) is 2.76. The minimum atomic E-state index is -0.658. The average Bonchev–Trinajstić information content (AvgIpc) is 3.35. The first kappa shape index (κ1) is 19.1. The van der Waals surface area contributed by atoms with Crippen molar-refractivity contribution in [1.29, 1.82) is 0 Å². The third kappa shape index (κ3) is 3.94. The molecule has 0 unspecified atom stereocenters. The normalized spacial score (nSPS) is 18.8. The molecular formula is C21H22F2N2O2S. The number of benzene rings is 1. The average molecular weight is 404 g/mol. The first-order valence-electron chi connectivity index (χ1n) is 9.64. The van der Waals surface area contributed by atoms with Crippen LogP contribution >= 0.6 is 11.3 Å². The number of nitrogens with one attached hydrogen (secondary N) is 1. The molecule has 1 atom stereocenters. The summed E-state index contributed by atoms with van der Waals surface area (Å²) in [7, 11) is 0. The van der Waals surface area contributed by atoms with Gasteiger partial charge in [-0.15, -0.1) is 11.3 Å². The number of carbonyl (C=O) groups is 2. The lowest BCUT2D eigenvalue weighted by Gasteiger charge is -2.21. The molecular weight excluding hydrogens is 382 g/mol. The molecule has 4 rings (SSSR count). The zero-order chi connectivity index (χ0) is 19.7. The van der Waals surface area contributed by atoms with Crippen LogP contribution in [0.5, 0.6) is 0 Å². The molecule has 1 N–H and O–H groups in total. The van der Waals surface area contributed by atoms with Crippen molar-refractivity contribution in [2.75, 3.05) is 13.1 Å². The predicted molar refractivity (Wildman–Crippen MR) is 103 cm³/mol. The van der Waals surface area contributed by atoms with E-state index in [4.69, 9.17) is 0 Å². The lowest BCUT2D eigenvalue weighted by Crippen LogP contribution is -2.33. The van der Waals surface area contributed by atoms with Crippen molar-refractivity contribution in [3.8, 4) is 0 Å². The molecule has 1 aliphatic carbocycles. The summed E-state index contributed by atoms with van der Waals surface area (Å²) in [6, 6.07) is 5.29. The van der Waals surface area contributed by atoms with Gasteiger partial charge in [0.2, 0.25) is 5.91 Å². The number of amides is 2. The third-order valence-electron chi connectivity index (χ3n) is 5.53. The smallest absolute Gasteiger partial charge is 0.263 e. The van der Waals surface area contributed by atoms with Gasteiger partial charge in [-0.1, -0.05) is 6.07 Å². The molecule has 0 spiro atoms. The van der Waals surface area contributed by atoms with E-state index in [1.807, 2.05) is 11.0 Å². The van der Waals surface area contributed by atoms with Crippen LogP contribution in [-0.4, -0.2) is 29.8 Å². The lowest BCUT2D eigenvalue weighted by molar-refractivity contribution is -0.125. The van der Waals surface area contributed by atoms with Gasteiger partial charge in [0.1, 0.15) is 11.6 Å². The summed E-state index contributed by atoms with van der Waals surface area (Å²) in [4.78, 5) is 29.0. The quantitative estimate of drug-likeness (QED) is 0.845. The summed E-state index contributed by atoms with van der Waals surface area (Å²) in [5.74, 6) is -1.52. The van der Waals surface area contributed by atoms with Gasteiger partial charge in [0.15, 0.2) is 0 Å². The number of thiophene rings is 1. The van der Waals surface area contributed by atoms with Crippen LogP contribution in [0.2, 0.25) is 0 Å². The molecule has 1 aromatic heterocycles. The van der Waals surface area contributed by atoms with Crippen molar-refractivity contribution >= 4 is 23.2 Å². The fourth-order valence-corrected chi connectivity index (χ4v) is 5.10. The van der Waals surface area contributed by atoms with Crippen molar-refractivity contribution in [1.82, 2.24) is 10.2 Å². The maximum atomic E-state index is 13.7. The van der Waals surface area contributed by atoms with Crippen LogP contribution in [0.25, 0.3) is 0 Å². The Kier molecular flexibility index (Phi) is 5.44. The Morgan fingerprint density at radius 1 is 1.18 bits per heavy atom. The van der Waals surface area contributed by atoms with Gasteiger partial charge in [-0.3, -0.25) is 9.59 Å². The largest absolute Gasteiger partial charge is 0.352 e. The van der Waals surface area contributed by atoms with Crippen LogP contribution in [0.4, 0.5) is 8.78 Å². The summed E-state index contributed by atoms with van der Waals surface area (Å²) in [5.41, 5.74) is 1.34. The maximum Gasteiger partial charge on any atom is 0.263 e. The molecule has 1 saturated heterocycles. The molecule has 2 heterocycles. The second-order valence-corrected chi connectivity index (χ2v) is 8.59. The van der Waals surface area contributed by atoms with Crippen molar-refractivity contribution in [2.45, 2.75) is 38.6 Å². The number of aryl methyl sites for hydroxylation is 1. The summed E-state index contributed by atoms with van der Waals surface area (Å²) in [6.07, 6.45) is 4.21. The first-order valence-corrected chi connectivity index (χ1v) is 10.5. The number of hydrogen-bond donors (Lipinski definition) is 1. The maximum absolute atomic E-state index is 13.7. The fraction of sp³-hybridized carbons (Fsp3) is 0.429. The number of rotatable bonds is 4. The Hall–Kier alpha value is -2.28. The van der Waals surface area contributed by atoms with E-state index >= 15 is 0 Å². The van der Waals surface area contributed by atoms with Crippen molar-refractivity contribution in [3.63, 3.8) is 0 Å². The second kappa shape index (κ2) is 7.99. The van der Waals surface area contributed by atoms with Crippen LogP contribution in [0, 0.1) is 17.6 Å². The SMILES string of the molecule is O=C(NCc1ccc(F)cc1F)[C@H]1CCc2sc(C(=O)N3CCCC3)cc2C1. The van der Waals surface area contributed by atoms with E-state index in [2.05, 4.69) is 5.32 Å². The van der Waals surface area contributed by atoms with Gasteiger partial charge in [-0.05, 0) is 49.8 Å². The molecule has 0 bridgehead atoms. The number of carbonyl (C=O) groups excluding carboxylic acids is 2. The van der Waals surface area contributed by atoms with E-state index in [0.29, 0.717) is 12.8 Å². The molecule has 148 valence electrons. The molecule has 1 aromatic carbocycles. The van der Waals surface area contributed by atoms with E-state index < -0.39 is 11.6 Å². The Labute approximate surface area is 166 Å². The Bertz CT molecular complexity index is 906. The zero-order valence-corrected chi connectivity index (χ0v) is 16.3. The van der Waals surface area contributed by atoms with Crippen LogP contribution < -0.4 is 5.32 Å². The minimum Gasteiger partial charge on any atom is -0.352 e. The van der Waals surface area contributed by atoms with Gasteiger partial charge in [-0.2, -0.15) is 0 Å². The van der Waals surface area contributed by atoms with Crippen molar-refractivity contribution in [3.05, 3.63) is 56.8 Å². The zero-order valence-electron chi connectivity index (χ0n) is 15.5. The highest BCUT2D eigenvalue weighted by molar-refractivity contribution is 7.14. The molecule has 1 fully saturated rings. The highest BCUT2D eigenvalue weighted by Crippen LogP contribution is 2.33. The van der Waals surface area contributed by atoms with E-state index in [1.165, 1.54) is 17.0 Å². The molecule has 7 heteroatoms. The van der Waals surface area contributed by atoms with Crippen LogP contribution in [0.3, 0.4) is 0 Å². The molecule has 0 saturated carbocycles. The van der Waals surface area contributed by atoms with Crippen LogP contribution in [0.15, 0.2) is 24.3 Å². The van der Waals surface area contributed by atoms with Gasteiger partial charge in [-0.25, -0.2) is 8.78 Å². The Morgan fingerprint density at radius 3 is 2.71 bits per heavy atom. The van der Waals surface area contributed by atoms with E-state index in [0.717, 1.165) is 48.9 Å². The number of fused-ring (bicyclic) bond motifs is 1. The van der Waals surface area contributed by atoms with Crippen LogP contribution in [0.1, 0.15) is 44.9 Å². The summed E-state index contributed by atoms with van der Waals surface area (Å²) >= 11 is 1.55. The Balaban J connectivity index is 1.38. The lowest BCUT2D eigenvalue weighted by atomic mass is 9.87. The second-order valence-electron chi connectivity index (χ2n) is 7.45. The van der Waals surface area contributed by atoms with Crippen molar-refractivity contribution in [2.24, 2.45) is 5.92 Å². The Morgan fingerprint density at radius 2 is 1.96 bits per heavy atom. The van der Waals surface area contributed by atoms with Gasteiger partial charge in [0, 0.05) is 42.1 Å². The standard InChI is InChI=1S/C21H22F2N2O2S/c22-16-5-3-14(17(23)11-16)12-24-20(26)13-4-6-18-15(9-13)10-19(28-18)21(27)25-7-1-2-8-25/h3,5,10-11,13H,1-2,4,6-9,12H2,(H,24,26)/t13-/m0/s1. The molecule has 2 amide bonds. The minimum absolute atomic E-state index is 0.0383. The van der Waals surface area contributed by atoms with Crippen molar-refractivity contribution < 1.29 is 18.4 Å². The molecule has 4 nitrogen and oxygen atoms in total. The number of nitrogens with zero attached hydrogens (tertiary/aromatic N) is 1. The predicted octanol–water partition coefficient (Wildman–Crippen LogP) is 3.68. The number of likely N-dealkylation sites (tertiary alicyclic amines) is 1. The van der Waals surface area contributed by atoms with Gasteiger partial charge in [0.25, 0.3) is 5.91 Å². The molecule has 2 aromatic rings. The first-order chi connectivity index (χ1) is 13.5. The van der Waals surface area contributed by atoms with E-state index in [1.54, 1.807) is 11.3 Å². The topological polar surface area (TPSA) is 49.4 Å². The fourth-order valence-electron chi connectivity index (χ4n) is 3.92. The van der Waals surface area contributed by atoms with Gasteiger partial charge in [0.05, 0.1) is 4.88 Å². The molecule has 0 radical (unpaired) electrons. The third-order valence-corrected chi connectivity index (χ3v) is 6.75. The highest BCUT2D eigenvalue weighted by atomic mass is 32.1. The highest BCUT2D eigenvalue weighted by Gasteiger charge is 2.29. The van der Waals surface area contributed by atoms with Gasteiger partial charge < -0.3 is 10.2 Å². The molecule has 1 aliphatic heterocycles. The molecule has 28 heavy (non-hydrogen) atoms.